The third kappa shape index (κ3) is 4.11. The highest BCUT2D eigenvalue weighted by Gasteiger charge is 2.28. The Bertz CT molecular complexity index is 752. The van der Waals surface area contributed by atoms with Crippen LogP contribution in [0.2, 0.25) is 5.02 Å². The SMILES string of the molecule is O=C(c1coc(COc2ccc(F)cc2Cl)n1)N1CCCCC1CO. The highest BCUT2D eigenvalue weighted by molar-refractivity contribution is 6.32. The molecule has 0 aliphatic carbocycles. The van der Waals surface area contributed by atoms with Crippen molar-refractivity contribution in [2.75, 3.05) is 13.2 Å². The molecule has 1 atom stereocenters. The van der Waals surface area contributed by atoms with Gasteiger partial charge in [0.15, 0.2) is 12.3 Å². The maximum Gasteiger partial charge on any atom is 0.276 e. The number of hydrogen-bond donors (Lipinski definition) is 1. The number of aromatic nitrogens is 1. The lowest BCUT2D eigenvalue weighted by molar-refractivity contribution is 0.0497. The maximum atomic E-state index is 13.0. The molecule has 0 spiro atoms. The zero-order valence-corrected chi connectivity index (χ0v) is 14.2. The molecule has 3 rings (SSSR count). The second kappa shape index (κ2) is 7.84. The van der Waals surface area contributed by atoms with Crippen LogP contribution < -0.4 is 4.74 Å². The van der Waals surface area contributed by atoms with Gasteiger partial charge in [-0.15, -0.1) is 0 Å². The molecule has 25 heavy (non-hydrogen) atoms. The molecule has 6 nitrogen and oxygen atoms in total. The van der Waals surface area contributed by atoms with E-state index >= 15 is 0 Å². The van der Waals surface area contributed by atoms with Crippen molar-refractivity contribution in [1.82, 2.24) is 9.88 Å². The van der Waals surface area contributed by atoms with Crippen LogP contribution in [0.5, 0.6) is 5.75 Å². The van der Waals surface area contributed by atoms with Gasteiger partial charge in [-0.25, -0.2) is 9.37 Å². The van der Waals surface area contributed by atoms with Crippen LogP contribution in [0.4, 0.5) is 4.39 Å². The van der Waals surface area contributed by atoms with E-state index in [4.69, 9.17) is 20.8 Å². The summed E-state index contributed by atoms with van der Waals surface area (Å²) in [6.45, 7) is 0.485. The molecule has 1 fully saturated rings. The molecule has 0 saturated carbocycles. The predicted octanol–water partition coefficient (Wildman–Crippen LogP) is 3.03. The van der Waals surface area contributed by atoms with Gasteiger partial charge in [-0.3, -0.25) is 4.79 Å². The second-order valence-corrected chi connectivity index (χ2v) is 6.23. The minimum absolute atomic E-state index is 0.0396. The minimum atomic E-state index is -0.457. The number of piperidine rings is 1. The summed E-state index contributed by atoms with van der Waals surface area (Å²) < 4.78 is 23.7. The van der Waals surface area contributed by atoms with E-state index in [0.29, 0.717) is 12.3 Å². The Balaban J connectivity index is 1.64. The van der Waals surface area contributed by atoms with Gasteiger partial charge in [0, 0.05) is 6.54 Å². The van der Waals surface area contributed by atoms with Gasteiger partial charge in [0.2, 0.25) is 5.89 Å². The van der Waals surface area contributed by atoms with E-state index in [-0.39, 0.29) is 41.8 Å². The lowest BCUT2D eigenvalue weighted by Crippen LogP contribution is -2.45. The largest absolute Gasteiger partial charge is 0.482 e. The number of benzene rings is 1. The van der Waals surface area contributed by atoms with Crippen LogP contribution in [0.3, 0.4) is 0 Å². The van der Waals surface area contributed by atoms with Crippen molar-refractivity contribution in [1.29, 1.82) is 0 Å². The minimum Gasteiger partial charge on any atom is -0.482 e. The van der Waals surface area contributed by atoms with Gasteiger partial charge >= 0.3 is 0 Å². The second-order valence-electron chi connectivity index (χ2n) is 5.82. The van der Waals surface area contributed by atoms with E-state index < -0.39 is 5.82 Å². The summed E-state index contributed by atoms with van der Waals surface area (Å²) in [6.07, 6.45) is 3.94. The van der Waals surface area contributed by atoms with Gasteiger partial charge in [-0.05, 0) is 37.5 Å². The van der Waals surface area contributed by atoms with E-state index in [2.05, 4.69) is 4.98 Å². The van der Waals surface area contributed by atoms with E-state index in [0.717, 1.165) is 25.3 Å². The molecule has 1 saturated heterocycles. The van der Waals surface area contributed by atoms with Crippen molar-refractivity contribution in [2.24, 2.45) is 0 Å². The maximum absolute atomic E-state index is 13.0. The fraction of sp³-hybridized carbons (Fsp3) is 0.412. The van der Waals surface area contributed by atoms with Crippen LogP contribution >= 0.6 is 11.6 Å². The fourth-order valence-corrected chi connectivity index (χ4v) is 3.03. The third-order valence-electron chi connectivity index (χ3n) is 4.11. The molecule has 1 unspecified atom stereocenters. The van der Waals surface area contributed by atoms with E-state index in [1.807, 2.05) is 0 Å². The van der Waals surface area contributed by atoms with E-state index in [1.165, 1.54) is 18.4 Å². The van der Waals surface area contributed by atoms with Crippen LogP contribution in [-0.4, -0.2) is 40.1 Å². The van der Waals surface area contributed by atoms with Crippen LogP contribution in [0.25, 0.3) is 0 Å². The highest BCUT2D eigenvalue weighted by Crippen LogP contribution is 2.26. The summed E-state index contributed by atoms with van der Waals surface area (Å²) in [5.74, 6) is -0.221. The third-order valence-corrected chi connectivity index (χ3v) is 4.41. The first-order valence-electron chi connectivity index (χ1n) is 8.02. The molecule has 2 heterocycles. The molecule has 1 aliphatic rings. The van der Waals surface area contributed by atoms with Crippen LogP contribution in [-0.2, 0) is 6.61 Å². The van der Waals surface area contributed by atoms with Gasteiger partial charge in [-0.2, -0.15) is 0 Å². The number of rotatable bonds is 5. The van der Waals surface area contributed by atoms with Gasteiger partial charge in [-0.1, -0.05) is 11.6 Å². The van der Waals surface area contributed by atoms with Crippen molar-refractivity contribution in [2.45, 2.75) is 31.9 Å². The van der Waals surface area contributed by atoms with Crippen molar-refractivity contribution in [3.8, 4) is 5.75 Å². The fourth-order valence-electron chi connectivity index (χ4n) is 2.81. The molecular formula is C17H18ClFN2O4. The van der Waals surface area contributed by atoms with Crippen LogP contribution in [0.1, 0.15) is 35.6 Å². The van der Waals surface area contributed by atoms with Gasteiger partial charge < -0.3 is 19.2 Å². The van der Waals surface area contributed by atoms with Crippen molar-refractivity contribution in [3.63, 3.8) is 0 Å². The van der Waals surface area contributed by atoms with E-state index in [1.54, 1.807) is 4.90 Å². The number of oxazole rings is 1. The number of carbonyl (C=O) groups excluding carboxylic acids is 1. The number of carbonyl (C=O) groups is 1. The van der Waals surface area contributed by atoms with Crippen LogP contribution in [0, 0.1) is 5.82 Å². The first-order valence-corrected chi connectivity index (χ1v) is 8.40. The molecular weight excluding hydrogens is 351 g/mol. The molecule has 134 valence electrons. The van der Waals surface area contributed by atoms with E-state index in [9.17, 15) is 14.3 Å². The van der Waals surface area contributed by atoms with Crippen molar-refractivity contribution < 1.29 is 23.4 Å². The molecule has 1 aliphatic heterocycles. The zero-order chi connectivity index (χ0) is 17.8. The van der Waals surface area contributed by atoms with Crippen molar-refractivity contribution >= 4 is 17.5 Å². The standard InChI is InChI=1S/C17H18ClFN2O4/c18-13-7-11(19)4-5-15(13)24-10-16-20-14(9-25-16)17(23)21-6-2-1-3-12(21)8-22/h4-5,7,9,12,22H,1-3,6,8,10H2. The average Bonchev–Trinajstić information content (AvgIpc) is 3.09. The number of nitrogens with zero attached hydrogens (tertiary/aromatic N) is 2. The summed E-state index contributed by atoms with van der Waals surface area (Å²) in [7, 11) is 0. The zero-order valence-electron chi connectivity index (χ0n) is 13.5. The summed E-state index contributed by atoms with van der Waals surface area (Å²) in [5.41, 5.74) is 0.171. The quantitative estimate of drug-likeness (QED) is 0.877. The number of aliphatic hydroxyl groups is 1. The Labute approximate surface area is 149 Å². The Morgan fingerprint density at radius 2 is 2.32 bits per heavy atom. The molecule has 1 aromatic heterocycles. The molecule has 1 aromatic carbocycles. The van der Waals surface area contributed by atoms with Gasteiger partial charge in [0.1, 0.15) is 17.8 Å². The first kappa shape index (κ1) is 17.7. The Morgan fingerprint density at radius 1 is 1.48 bits per heavy atom. The summed E-state index contributed by atoms with van der Waals surface area (Å²) in [4.78, 5) is 18.3. The molecule has 2 aromatic rings. The summed E-state index contributed by atoms with van der Waals surface area (Å²) >= 11 is 5.88. The predicted molar refractivity (Wildman–Crippen MR) is 88.0 cm³/mol. The summed E-state index contributed by atoms with van der Waals surface area (Å²) in [6, 6.07) is 3.60. The van der Waals surface area contributed by atoms with Crippen LogP contribution in [0.15, 0.2) is 28.9 Å². The molecule has 0 radical (unpaired) electrons. The molecule has 8 heteroatoms. The average molecular weight is 369 g/mol. The Hall–Kier alpha value is -2.12. The Kier molecular flexibility index (Phi) is 5.55. The smallest absolute Gasteiger partial charge is 0.276 e. The lowest BCUT2D eigenvalue weighted by atomic mass is 10.0. The lowest BCUT2D eigenvalue weighted by Gasteiger charge is -2.33. The number of halogens is 2. The monoisotopic (exact) mass is 368 g/mol. The number of aliphatic hydroxyl groups excluding tert-OH is 1. The first-order chi connectivity index (χ1) is 12.1. The number of ether oxygens (including phenoxy) is 1. The Morgan fingerprint density at radius 3 is 3.08 bits per heavy atom. The number of hydrogen-bond acceptors (Lipinski definition) is 5. The molecule has 1 amide bonds. The van der Waals surface area contributed by atoms with Gasteiger partial charge in [0.25, 0.3) is 5.91 Å². The number of likely N-dealkylation sites (tertiary alicyclic amines) is 1. The topological polar surface area (TPSA) is 75.8 Å². The van der Waals surface area contributed by atoms with Gasteiger partial charge in [0.05, 0.1) is 17.7 Å². The molecule has 0 bridgehead atoms. The highest BCUT2D eigenvalue weighted by atomic mass is 35.5. The number of amides is 1. The normalized spacial score (nSPS) is 17.6. The van der Waals surface area contributed by atoms with Crippen molar-refractivity contribution in [3.05, 3.63) is 46.9 Å². The molecule has 1 N–H and O–H groups in total. The summed E-state index contributed by atoms with van der Waals surface area (Å²) in [5, 5.41) is 9.56.